The Morgan fingerprint density at radius 1 is 1.19 bits per heavy atom. The van der Waals surface area contributed by atoms with E-state index in [4.69, 9.17) is 22.1 Å². The quantitative estimate of drug-likeness (QED) is 0.880. The van der Waals surface area contributed by atoms with Gasteiger partial charge in [0, 0.05) is 11.6 Å². The number of alkyl halides is 2. The van der Waals surface area contributed by atoms with Crippen LogP contribution >= 0.6 is 11.6 Å². The van der Waals surface area contributed by atoms with Crippen LogP contribution in [0.5, 0.6) is 5.75 Å². The van der Waals surface area contributed by atoms with Crippen LogP contribution in [0.1, 0.15) is 24.1 Å². The molecule has 0 amide bonds. The summed E-state index contributed by atoms with van der Waals surface area (Å²) in [5, 5.41) is 0.272. The van der Waals surface area contributed by atoms with Crippen LogP contribution in [0.3, 0.4) is 0 Å². The SMILES string of the molecule is CC(N)c1ccc(OCC(F)(F)c2ccccc2)c(Cl)c1. The highest BCUT2D eigenvalue weighted by molar-refractivity contribution is 6.32. The van der Waals surface area contributed by atoms with Crippen molar-refractivity contribution >= 4 is 11.6 Å². The second-order valence-electron chi connectivity index (χ2n) is 4.84. The third-order valence-corrected chi connectivity index (χ3v) is 3.38. The van der Waals surface area contributed by atoms with Crippen LogP contribution in [0.25, 0.3) is 0 Å². The molecule has 5 heteroatoms. The van der Waals surface area contributed by atoms with Crippen molar-refractivity contribution < 1.29 is 13.5 Å². The van der Waals surface area contributed by atoms with E-state index in [1.54, 1.807) is 36.4 Å². The minimum absolute atomic E-state index is 0.0895. The maximum Gasteiger partial charge on any atom is 0.306 e. The summed E-state index contributed by atoms with van der Waals surface area (Å²) >= 11 is 6.02. The molecule has 0 fully saturated rings. The Bertz CT molecular complexity index is 602. The van der Waals surface area contributed by atoms with Gasteiger partial charge >= 0.3 is 5.92 Å². The Labute approximate surface area is 127 Å². The van der Waals surface area contributed by atoms with Gasteiger partial charge in [0.2, 0.25) is 0 Å². The summed E-state index contributed by atoms with van der Waals surface area (Å²) in [5.74, 6) is -2.86. The van der Waals surface area contributed by atoms with Crippen LogP contribution < -0.4 is 10.5 Å². The molecule has 0 bridgehead atoms. The van der Waals surface area contributed by atoms with Crippen LogP contribution in [0, 0.1) is 0 Å². The first-order chi connectivity index (χ1) is 9.90. The van der Waals surface area contributed by atoms with Crippen molar-refractivity contribution in [1.29, 1.82) is 0 Å². The minimum atomic E-state index is -3.08. The van der Waals surface area contributed by atoms with Crippen LogP contribution in [0.2, 0.25) is 5.02 Å². The number of rotatable bonds is 5. The molecule has 0 aromatic heterocycles. The summed E-state index contributed by atoms with van der Waals surface area (Å²) in [7, 11) is 0. The fourth-order valence-corrected chi connectivity index (χ4v) is 2.09. The molecular weight excluding hydrogens is 296 g/mol. The summed E-state index contributed by atoms with van der Waals surface area (Å²) in [6.07, 6.45) is 0. The van der Waals surface area contributed by atoms with E-state index in [-0.39, 0.29) is 22.4 Å². The number of nitrogens with two attached hydrogens (primary N) is 1. The Morgan fingerprint density at radius 2 is 1.86 bits per heavy atom. The Morgan fingerprint density at radius 3 is 2.43 bits per heavy atom. The molecule has 0 heterocycles. The van der Waals surface area contributed by atoms with Crippen LogP contribution in [0.15, 0.2) is 48.5 Å². The Kier molecular flexibility index (Phi) is 4.80. The lowest BCUT2D eigenvalue weighted by molar-refractivity contribution is -0.0466. The van der Waals surface area contributed by atoms with Crippen LogP contribution in [-0.2, 0) is 5.92 Å². The van der Waals surface area contributed by atoms with Gasteiger partial charge in [0.1, 0.15) is 5.75 Å². The molecule has 2 nitrogen and oxygen atoms in total. The molecular formula is C16H16ClF2NO. The lowest BCUT2D eigenvalue weighted by Crippen LogP contribution is -2.23. The standard InChI is InChI=1S/C16H16ClF2NO/c1-11(20)12-7-8-15(14(17)9-12)21-10-16(18,19)13-5-3-2-4-6-13/h2-9,11H,10,20H2,1H3. The van der Waals surface area contributed by atoms with Crippen molar-refractivity contribution in [3.63, 3.8) is 0 Å². The highest BCUT2D eigenvalue weighted by atomic mass is 35.5. The lowest BCUT2D eigenvalue weighted by Gasteiger charge is -2.18. The first kappa shape index (κ1) is 15.7. The van der Waals surface area contributed by atoms with Gasteiger partial charge in [-0.2, -0.15) is 8.78 Å². The van der Waals surface area contributed by atoms with E-state index >= 15 is 0 Å². The molecule has 0 aliphatic heterocycles. The average Bonchev–Trinajstić information content (AvgIpc) is 2.46. The molecule has 112 valence electrons. The molecule has 0 radical (unpaired) electrons. The third-order valence-electron chi connectivity index (χ3n) is 3.09. The van der Waals surface area contributed by atoms with E-state index < -0.39 is 12.5 Å². The van der Waals surface area contributed by atoms with Gasteiger partial charge in [-0.25, -0.2) is 0 Å². The molecule has 2 aromatic rings. The van der Waals surface area contributed by atoms with Gasteiger partial charge in [-0.3, -0.25) is 0 Å². The van der Waals surface area contributed by atoms with Crippen molar-refractivity contribution in [3.8, 4) is 5.75 Å². The number of halogens is 3. The zero-order valence-corrected chi connectivity index (χ0v) is 12.3. The molecule has 0 spiro atoms. The minimum Gasteiger partial charge on any atom is -0.485 e. The average molecular weight is 312 g/mol. The van der Waals surface area contributed by atoms with E-state index in [0.717, 1.165) is 5.56 Å². The summed E-state index contributed by atoms with van der Waals surface area (Å²) in [5.41, 5.74) is 6.46. The van der Waals surface area contributed by atoms with Crippen molar-refractivity contribution in [3.05, 3.63) is 64.7 Å². The molecule has 0 saturated carbocycles. The monoisotopic (exact) mass is 311 g/mol. The van der Waals surface area contributed by atoms with Crippen molar-refractivity contribution in [1.82, 2.24) is 0 Å². The molecule has 1 unspecified atom stereocenters. The topological polar surface area (TPSA) is 35.2 Å². The summed E-state index contributed by atoms with van der Waals surface area (Å²) < 4.78 is 33.2. The first-order valence-electron chi connectivity index (χ1n) is 6.51. The largest absolute Gasteiger partial charge is 0.485 e. The molecule has 2 aromatic carbocycles. The van der Waals surface area contributed by atoms with Gasteiger partial charge in [0.25, 0.3) is 0 Å². The predicted molar refractivity (Wildman–Crippen MR) is 79.9 cm³/mol. The second-order valence-corrected chi connectivity index (χ2v) is 5.24. The molecule has 21 heavy (non-hydrogen) atoms. The van der Waals surface area contributed by atoms with Gasteiger partial charge in [-0.1, -0.05) is 48.0 Å². The van der Waals surface area contributed by atoms with Gasteiger partial charge in [0.05, 0.1) is 5.02 Å². The molecule has 1 atom stereocenters. The van der Waals surface area contributed by atoms with Gasteiger partial charge < -0.3 is 10.5 Å². The molecule has 0 aliphatic rings. The Balaban J connectivity index is 2.09. The zero-order valence-electron chi connectivity index (χ0n) is 11.5. The zero-order chi connectivity index (χ0) is 15.5. The summed E-state index contributed by atoms with van der Waals surface area (Å²) in [6.45, 7) is 1.05. The lowest BCUT2D eigenvalue weighted by atomic mass is 10.1. The number of ether oxygens (including phenoxy) is 1. The first-order valence-corrected chi connectivity index (χ1v) is 6.89. The third kappa shape index (κ3) is 3.93. The molecule has 0 aliphatic carbocycles. The predicted octanol–water partition coefficient (Wildman–Crippen LogP) is 4.53. The molecule has 0 saturated heterocycles. The van der Waals surface area contributed by atoms with E-state index in [1.165, 1.54) is 12.1 Å². The van der Waals surface area contributed by atoms with E-state index in [9.17, 15) is 8.78 Å². The maximum absolute atomic E-state index is 14.0. The Hall–Kier alpha value is -1.65. The van der Waals surface area contributed by atoms with Gasteiger partial charge in [-0.15, -0.1) is 0 Å². The fourth-order valence-electron chi connectivity index (χ4n) is 1.85. The fraction of sp³-hybridized carbons (Fsp3) is 0.250. The smallest absolute Gasteiger partial charge is 0.306 e. The van der Waals surface area contributed by atoms with Crippen LogP contribution in [0.4, 0.5) is 8.78 Å². The maximum atomic E-state index is 14.0. The second kappa shape index (κ2) is 6.41. The van der Waals surface area contributed by atoms with Crippen molar-refractivity contribution in [2.24, 2.45) is 5.73 Å². The van der Waals surface area contributed by atoms with E-state index in [0.29, 0.717) is 0 Å². The van der Waals surface area contributed by atoms with Gasteiger partial charge in [0.15, 0.2) is 6.61 Å². The van der Waals surface area contributed by atoms with Crippen molar-refractivity contribution in [2.75, 3.05) is 6.61 Å². The van der Waals surface area contributed by atoms with Crippen molar-refractivity contribution in [2.45, 2.75) is 18.9 Å². The molecule has 2 N–H and O–H groups in total. The summed E-state index contributed by atoms with van der Waals surface area (Å²) in [4.78, 5) is 0. The van der Waals surface area contributed by atoms with Gasteiger partial charge in [-0.05, 0) is 24.6 Å². The molecule has 2 rings (SSSR count). The highest BCUT2D eigenvalue weighted by Gasteiger charge is 2.32. The summed E-state index contributed by atoms with van der Waals surface area (Å²) in [6, 6.07) is 12.3. The highest BCUT2D eigenvalue weighted by Crippen LogP contribution is 2.32. The normalized spacial score (nSPS) is 13.0. The number of hydrogen-bond acceptors (Lipinski definition) is 2. The number of hydrogen-bond donors (Lipinski definition) is 1. The van der Waals surface area contributed by atoms with E-state index in [1.807, 2.05) is 6.92 Å². The number of benzene rings is 2. The van der Waals surface area contributed by atoms with E-state index in [2.05, 4.69) is 0 Å². The van der Waals surface area contributed by atoms with Crippen LogP contribution in [-0.4, -0.2) is 6.61 Å².